The molecule has 0 aliphatic rings. The number of nitrogens with one attached hydrogen (secondary N) is 2. The van der Waals surface area contributed by atoms with Crippen LogP contribution in [-0.2, 0) is 19.1 Å². The number of carbonyl (C=O) groups is 3. The van der Waals surface area contributed by atoms with E-state index in [4.69, 9.17) is 15.9 Å². The van der Waals surface area contributed by atoms with Crippen LogP contribution >= 0.6 is 0 Å². The SMILES string of the molecule is C#CC[C@@H](NC(=O)[C@@H](C)NC(=O)OC(C)(C)C)C(=O)OCC[Si](C)(C)C. The molecule has 0 saturated heterocycles. The van der Waals surface area contributed by atoms with Crippen molar-refractivity contribution in [2.75, 3.05) is 6.61 Å². The van der Waals surface area contributed by atoms with Crippen molar-refractivity contribution < 1.29 is 23.9 Å². The molecule has 0 saturated carbocycles. The number of ether oxygens (including phenoxy) is 2. The smallest absolute Gasteiger partial charge is 0.408 e. The van der Waals surface area contributed by atoms with Gasteiger partial charge < -0.3 is 20.1 Å². The van der Waals surface area contributed by atoms with E-state index in [9.17, 15) is 14.4 Å². The number of hydrogen-bond acceptors (Lipinski definition) is 5. The average molecular weight is 385 g/mol. The second-order valence-corrected chi connectivity index (χ2v) is 13.9. The molecule has 0 bridgehead atoms. The molecule has 8 heteroatoms. The Labute approximate surface area is 157 Å². The third kappa shape index (κ3) is 11.5. The Morgan fingerprint density at radius 3 is 2.19 bits per heavy atom. The van der Waals surface area contributed by atoms with Gasteiger partial charge in [0.1, 0.15) is 17.7 Å². The van der Waals surface area contributed by atoms with Crippen LogP contribution in [0.3, 0.4) is 0 Å². The molecule has 0 aromatic rings. The Kier molecular flexibility index (Phi) is 9.42. The maximum atomic E-state index is 12.2. The predicted octanol–water partition coefficient (Wildman–Crippen LogP) is 2.29. The van der Waals surface area contributed by atoms with Gasteiger partial charge in [-0.2, -0.15) is 0 Å². The molecule has 0 rings (SSSR count). The molecule has 7 nitrogen and oxygen atoms in total. The highest BCUT2D eigenvalue weighted by Crippen LogP contribution is 2.09. The average Bonchev–Trinajstić information content (AvgIpc) is 2.42. The monoisotopic (exact) mass is 384 g/mol. The maximum Gasteiger partial charge on any atom is 0.408 e. The molecule has 0 spiro atoms. The molecular weight excluding hydrogens is 352 g/mol. The molecule has 0 radical (unpaired) electrons. The van der Waals surface area contributed by atoms with Gasteiger partial charge in [0.25, 0.3) is 0 Å². The molecule has 0 aliphatic heterocycles. The molecule has 0 unspecified atom stereocenters. The quantitative estimate of drug-likeness (QED) is 0.380. The lowest BCUT2D eigenvalue weighted by molar-refractivity contribution is -0.147. The van der Waals surface area contributed by atoms with Gasteiger partial charge in [-0.3, -0.25) is 4.79 Å². The van der Waals surface area contributed by atoms with E-state index in [1.54, 1.807) is 20.8 Å². The van der Waals surface area contributed by atoms with Gasteiger partial charge in [0.05, 0.1) is 6.61 Å². The minimum Gasteiger partial charge on any atom is -0.464 e. The topological polar surface area (TPSA) is 93.7 Å². The summed E-state index contributed by atoms with van der Waals surface area (Å²) in [7, 11) is -1.33. The third-order valence-electron chi connectivity index (χ3n) is 3.15. The van der Waals surface area contributed by atoms with Crippen LogP contribution < -0.4 is 10.6 Å². The first-order valence-corrected chi connectivity index (χ1v) is 12.4. The zero-order valence-corrected chi connectivity index (χ0v) is 17.9. The second kappa shape index (κ2) is 10.2. The molecule has 26 heavy (non-hydrogen) atoms. The van der Waals surface area contributed by atoms with E-state index in [1.807, 2.05) is 0 Å². The summed E-state index contributed by atoms with van der Waals surface area (Å²) in [6.07, 6.45) is 4.57. The van der Waals surface area contributed by atoms with Crippen molar-refractivity contribution in [2.45, 2.75) is 77.5 Å². The zero-order valence-electron chi connectivity index (χ0n) is 16.9. The zero-order chi connectivity index (χ0) is 20.5. The number of hydrogen-bond donors (Lipinski definition) is 2. The number of carbonyl (C=O) groups excluding carboxylic acids is 3. The van der Waals surface area contributed by atoms with E-state index in [-0.39, 0.29) is 6.42 Å². The molecule has 0 aromatic carbocycles. The molecule has 148 valence electrons. The van der Waals surface area contributed by atoms with Crippen LogP contribution in [0.15, 0.2) is 0 Å². The van der Waals surface area contributed by atoms with Crippen LogP contribution in [0.2, 0.25) is 25.7 Å². The normalized spacial score (nSPS) is 13.8. The molecule has 0 aromatic heterocycles. The van der Waals surface area contributed by atoms with Crippen molar-refractivity contribution in [1.82, 2.24) is 10.6 Å². The summed E-state index contributed by atoms with van der Waals surface area (Å²) < 4.78 is 10.3. The minimum absolute atomic E-state index is 0.0106. The Morgan fingerprint density at radius 2 is 1.73 bits per heavy atom. The number of amides is 2. The van der Waals surface area contributed by atoms with Gasteiger partial charge in [0.2, 0.25) is 5.91 Å². The van der Waals surface area contributed by atoms with Gasteiger partial charge in [-0.05, 0) is 33.7 Å². The second-order valence-electron chi connectivity index (χ2n) is 8.32. The lowest BCUT2D eigenvalue weighted by Crippen LogP contribution is -2.51. The summed E-state index contributed by atoms with van der Waals surface area (Å²) in [5.74, 6) is 1.24. The van der Waals surface area contributed by atoms with Gasteiger partial charge in [-0.25, -0.2) is 9.59 Å². The number of alkyl carbamates (subject to hydrolysis) is 1. The molecule has 2 amide bonds. The van der Waals surface area contributed by atoms with E-state index in [1.165, 1.54) is 6.92 Å². The van der Waals surface area contributed by atoms with Crippen molar-refractivity contribution in [3.63, 3.8) is 0 Å². The number of rotatable bonds is 8. The fourth-order valence-electron chi connectivity index (χ4n) is 1.72. The van der Waals surface area contributed by atoms with Crippen LogP contribution in [0, 0.1) is 12.3 Å². The lowest BCUT2D eigenvalue weighted by atomic mass is 10.2. The molecule has 2 N–H and O–H groups in total. The van der Waals surface area contributed by atoms with Gasteiger partial charge in [-0.1, -0.05) is 19.6 Å². The fourth-order valence-corrected chi connectivity index (χ4v) is 2.43. The van der Waals surface area contributed by atoms with Crippen molar-refractivity contribution >= 4 is 26.0 Å². The van der Waals surface area contributed by atoms with Crippen molar-refractivity contribution in [3.8, 4) is 12.3 Å². The van der Waals surface area contributed by atoms with Crippen LogP contribution in [0.4, 0.5) is 4.79 Å². The summed E-state index contributed by atoms with van der Waals surface area (Å²) in [4.78, 5) is 36.1. The van der Waals surface area contributed by atoms with Crippen LogP contribution in [0.25, 0.3) is 0 Å². The van der Waals surface area contributed by atoms with E-state index in [2.05, 4.69) is 36.2 Å². The summed E-state index contributed by atoms with van der Waals surface area (Å²) >= 11 is 0. The fraction of sp³-hybridized carbons (Fsp3) is 0.722. The Morgan fingerprint density at radius 1 is 1.15 bits per heavy atom. The maximum absolute atomic E-state index is 12.2. The van der Waals surface area contributed by atoms with Crippen molar-refractivity contribution in [1.29, 1.82) is 0 Å². The van der Waals surface area contributed by atoms with E-state index in [0.717, 1.165) is 6.04 Å². The first-order chi connectivity index (χ1) is 11.7. The summed E-state index contributed by atoms with van der Waals surface area (Å²) in [6.45, 7) is 13.5. The summed E-state index contributed by atoms with van der Waals surface area (Å²) in [5, 5.41) is 4.93. The molecular formula is C18H32N2O5Si. The van der Waals surface area contributed by atoms with E-state index < -0.39 is 43.7 Å². The highest BCUT2D eigenvalue weighted by Gasteiger charge is 2.26. The largest absolute Gasteiger partial charge is 0.464 e. The van der Waals surface area contributed by atoms with Gasteiger partial charge in [0, 0.05) is 14.5 Å². The van der Waals surface area contributed by atoms with Crippen molar-refractivity contribution in [2.24, 2.45) is 0 Å². The van der Waals surface area contributed by atoms with Gasteiger partial charge in [0.15, 0.2) is 0 Å². The molecule has 0 aliphatic carbocycles. The number of esters is 1. The lowest BCUT2D eigenvalue weighted by Gasteiger charge is -2.23. The Hall–Kier alpha value is -2.01. The first kappa shape index (κ1) is 24.0. The standard InChI is InChI=1S/C18H32N2O5Si/c1-9-10-14(16(22)24-11-12-26(6,7)8)20-15(21)13(2)19-17(23)25-18(3,4)5/h1,13-14H,10-12H2,2-8H3,(H,19,23)(H,20,21)/t13-,14-/m1/s1. The van der Waals surface area contributed by atoms with Crippen LogP contribution in [-0.4, -0.2) is 50.3 Å². The van der Waals surface area contributed by atoms with Gasteiger partial charge >= 0.3 is 12.1 Å². The molecule has 0 heterocycles. The first-order valence-electron chi connectivity index (χ1n) is 8.65. The Balaban J connectivity index is 4.63. The minimum atomic E-state index is -1.33. The summed E-state index contributed by atoms with van der Waals surface area (Å²) in [5.41, 5.74) is -0.674. The Bertz CT molecular complexity index is 543. The molecule has 2 atom stereocenters. The summed E-state index contributed by atoms with van der Waals surface area (Å²) in [6, 6.07) is -1.01. The molecule has 0 fully saturated rings. The van der Waals surface area contributed by atoms with Crippen molar-refractivity contribution in [3.05, 3.63) is 0 Å². The highest BCUT2D eigenvalue weighted by atomic mass is 28.3. The van der Waals surface area contributed by atoms with Gasteiger partial charge in [-0.15, -0.1) is 12.3 Å². The predicted molar refractivity (Wildman–Crippen MR) is 103 cm³/mol. The van der Waals surface area contributed by atoms with E-state index >= 15 is 0 Å². The third-order valence-corrected chi connectivity index (χ3v) is 4.85. The van der Waals surface area contributed by atoms with E-state index in [0.29, 0.717) is 6.61 Å². The van der Waals surface area contributed by atoms with Crippen LogP contribution in [0.5, 0.6) is 0 Å². The highest BCUT2D eigenvalue weighted by molar-refractivity contribution is 6.76. The number of terminal acetylenes is 1. The van der Waals surface area contributed by atoms with Crippen LogP contribution in [0.1, 0.15) is 34.1 Å².